The lowest BCUT2D eigenvalue weighted by Gasteiger charge is -2.22. The number of hydrogen-bond donors (Lipinski definition) is 1. The van der Waals surface area contributed by atoms with Crippen molar-refractivity contribution in [1.82, 2.24) is 14.7 Å². The van der Waals surface area contributed by atoms with Crippen LogP contribution in [0.3, 0.4) is 0 Å². The molecular weight excluding hydrogens is 288 g/mol. The van der Waals surface area contributed by atoms with E-state index < -0.39 is 0 Å². The summed E-state index contributed by atoms with van der Waals surface area (Å²) in [4.78, 5) is 14.6. The van der Waals surface area contributed by atoms with Crippen LogP contribution in [0, 0.1) is 0 Å². The number of nitrogens with one attached hydrogen (secondary N) is 1. The molecule has 1 saturated heterocycles. The fourth-order valence-electron chi connectivity index (χ4n) is 2.70. The molecule has 5 nitrogen and oxygen atoms in total. The van der Waals surface area contributed by atoms with E-state index in [1.54, 1.807) is 6.20 Å². The molecule has 2 heterocycles. The van der Waals surface area contributed by atoms with Crippen molar-refractivity contribution in [2.45, 2.75) is 52.1 Å². The number of unbranched alkanes of at least 4 members (excludes halogenated alkanes) is 1. The van der Waals surface area contributed by atoms with Gasteiger partial charge >= 0.3 is 0 Å². The van der Waals surface area contributed by atoms with Crippen molar-refractivity contribution >= 4 is 17.3 Å². The molecule has 1 aromatic heterocycles. The van der Waals surface area contributed by atoms with Gasteiger partial charge in [0.25, 0.3) is 5.56 Å². The van der Waals surface area contributed by atoms with E-state index in [9.17, 15) is 4.79 Å². The summed E-state index contributed by atoms with van der Waals surface area (Å²) in [5.74, 6) is 0. The number of hydrogen-bond acceptors (Lipinski definition) is 4. The van der Waals surface area contributed by atoms with Gasteiger partial charge < -0.3 is 10.2 Å². The highest BCUT2D eigenvalue weighted by Gasteiger charge is 2.16. The van der Waals surface area contributed by atoms with E-state index in [2.05, 4.69) is 29.2 Å². The minimum absolute atomic E-state index is 0.205. The van der Waals surface area contributed by atoms with E-state index in [4.69, 9.17) is 11.6 Å². The smallest absolute Gasteiger partial charge is 0.287 e. The number of anilines is 1. The molecule has 1 unspecified atom stereocenters. The molecule has 0 aliphatic carbocycles. The van der Waals surface area contributed by atoms with E-state index in [1.165, 1.54) is 17.5 Å². The predicted octanol–water partition coefficient (Wildman–Crippen LogP) is 2.59. The van der Waals surface area contributed by atoms with Gasteiger partial charge in [0.2, 0.25) is 0 Å². The van der Waals surface area contributed by atoms with Crippen LogP contribution in [0.15, 0.2) is 11.0 Å². The summed E-state index contributed by atoms with van der Waals surface area (Å²) < 4.78 is 1.45. The number of aromatic nitrogens is 2. The minimum atomic E-state index is -0.205. The van der Waals surface area contributed by atoms with Gasteiger partial charge in [0.1, 0.15) is 5.02 Å². The van der Waals surface area contributed by atoms with Gasteiger partial charge in [-0.3, -0.25) is 4.79 Å². The van der Waals surface area contributed by atoms with Crippen LogP contribution < -0.4 is 10.9 Å². The van der Waals surface area contributed by atoms with Gasteiger partial charge in [0, 0.05) is 19.1 Å². The van der Waals surface area contributed by atoms with Crippen molar-refractivity contribution in [1.29, 1.82) is 0 Å². The molecule has 1 N–H and O–H groups in total. The van der Waals surface area contributed by atoms with Gasteiger partial charge in [-0.15, -0.1) is 0 Å². The van der Waals surface area contributed by atoms with E-state index in [0.29, 0.717) is 12.2 Å². The molecule has 2 rings (SSSR count). The van der Waals surface area contributed by atoms with Crippen LogP contribution in [0.5, 0.6) is 0 Å². The second-order valence-electron chi connectivity index (χ2n) is 5.81. The van der Waals surface area contributed by atoms with Crippen molar-refractivity contribution in [3.8, 4) is 0 Å². The zero-order chi connectivity index (χ0) is 15.2. The average molecular weight is 313 g/mol. The highest BCUT2D eigenvalue weighted by molar-refractivity contribution is 6.32. The van der Waals surface area contributed by atoms with Gasteiger partial charge in [0.05, 0.1) is 11.9 Å². The maximum Gasteiger partial charge on any atom is 0.287 e. The second kappa shape index (κ2) is 7.80. The van der Waals surface area contributed by atoms with Gasteiger partial charge in [-0.1, -0.05) is 24.9 Å². The van der Waals surface area contributed by atoms with Crippen LogP contribution in [0.25, 0.3) is 0 Å². The van der Waals surface area contributed by atoms with Crippen LogP contribution in [-0.2, 0) is 6.54 Å². The third-order valence-electron chi connectivity index (χ3n) is 3.84. The molecule has 0 aromatic carbocycles. The van der Waals surface area contributed by atoms with Crippen LogP contribution in [0.1, 0.15) is 39.5 Å². The zero-order valence-corrected chi connectivity index (χ0v) is 13.7. The van der Waals surface area contributed by atoms with Crippen molar-refractivity contribution in [3.05, 3.63) is 21.6 Å². The van der Waals surface area contributed by atoms with Crippen molar-refractivity contribution in [2.75, 3.05) is 25.0 Å². The number of nitrogens with zero attached hydrogens (tertiary/aromatic N) is 3. The van der Waals surface area contributed by atoms with Crippen molar-refractivity contribution in [3.63, 3.8) is 0 Å². The molecule has 118 valence electrons. The first-order chi connectivity index (χ1) is 10.1. The Labute approximate surface area is 131 Å². The third-order valence-corrected chi connectivity index (χ3v) is 4.21. The minimum Gasteiger partial charge on any atom is -0.379 e. The quantitative estimate of drug-likeness (QED) is 0.841. The van der Waals surface area contributed by atoms with Gasteiger partial charge in [-0.05, 0) is 39.3 Å². The lowest BCUT2D eigenvalue weighted by atomic mass is 10.3. The number of aryl methyl sites for hydroxylation is 1. The molecular formula is C15H25ClN4O. The normalized spacial score (nSPS) is 17.1. The van der Waals surface area contributed by atoms with Crippen LogP contribution in [-0.4, -0.2) is 40.4 Å². The predicted molar refractivity (Wildman–Crippen MR) is 87.2 cm³/mol. The molecule has 1 aliphatic rings. The average Bonchev–Trinajstić information content (AvgIpc) is 2.96. The largest absolute Gasteiger partial charge is 0.379 e. The molecule has 6 heteroatoms. The Morgan fingerprint density at radius 3 is 2.81 bits per heavy atom. The Hall–Kier alpha value is -1.07. The van der Waals surface area contributed by atoms with Gasteiger partial charge in [-0.25, -0.2) is 4.68 Å². The van der Waals surface area contributed by atoms with Gasteiger partial charge in [-0.2, -0.15) is 5.10 Å². The molecule has 0 radical (unpaired) electrons. The number of likely N-dealkylation sites (tertiary alicyclic amines) is 1. The van der Waals surface area contributed by atoms with E-state index in [-0.39, 0.29) is 16.6 Å². The zero-order valence-electron chi connectivity index (χ0n) is 12.9. The molecule has 1 fully saturated rings. The van der Waals surface area contributed by atoms with Crippen molar-refractivity contribution < 1.29 is 0 Å². The van der Waals surface area contributed by atoms with Crippen LogP contribution >= 0.6 is 11.6 Å². The molecule has 1 atom stereocenters. The Balaban J connectivity index is 1.99. The van der Waals surface area contributed by atoms with E-state index in [0.717, 1.165) is 32.5 Å². The summed E-state index contributed by atoms with van der Waals surface area (Å²) in [5, 5.41) is 7.76. The lowest BCUT2D eigenvalue weighted by molar-refractivity contribution is 0.328. The molecule has 0 saturated carbocycles. The second-order valence-corrected chi connectivity index (χ2v) is 6.19. The highest BCUT2D eigenvalue weighted by atomic mass is 35.5. The molecule has 1 aromatic rings. The molecule has 1 aliphatic heterocycles. The summed E-state index contributed by atoms with van der Waals surface area (Å²) in [5.41, 5.74) is 0.435. The standard InChI is InChI=1S/C15H25ClN4O/c1-3-4-9-20-15(21)14(16)13(10-17-20)18-12(2)11-19-7-5-6-8-19/h10,12,18H,3-9,11H2,1-2H3. The first kappa shape index (κ1) is 16.3. The summed E-state index contributed by atoms with van der Waals surface area (Å²) >= 11 is 6.19. The van der Waals surface area contributed by atoms with Crippen LogP contribution in [0.2, 0.25) is 5.02 Å². The van der Waals surface area contributed by atoms with Crippen LogP contribution in [0.4, 0.5) is 5.69 Å². The topological polar surface area (TPSA) is 50.2 Å². The molecule has 0 bridgehead atoms. The Morgan fingerprint density at radius 1 is 1.43 bits per heavy atom. The number of rotatable bonds is 7. The summed E-state index contributed by atoms with van der Waals surface area (Å²) in [7, 11) is 0. The highest BCUT2D eigenvalue weighted by Crippen LogP contribution is 2.17. The first-order valence-corrected chi connectivity index (χ1v) is 8.24. The number of halogens is 1. The Morgan fingerprint density at radius 2 is 2.14 bits per heavy atom. The Bertz CT molecular complexity index is 511. The van der Waals surface area contributed by atoms with Gasteiger partial charge in [0.15, 0.2) is 0 Å². The van der Waals surface area contributed by atoms with E-state index in [1.807, 2.05) is 0 Å². The summed E-state index contributed by atoms with van der Waals surface area (Å²) in [6, 6.07) is 0.244. The Kier molecular flexibility index (Phi) is 6.06. The third kappa shape index (κ3) is 4.45. The summed E-state index contributed by atoms with van der Waals surface area (Å²) in [6.07, 6.45) is 6.19. The maximum absolute atomic E-state index is 12.1. The maximum atomic E-state index is 12.1. The fourth-order valence-corrected chi connectivity index (χ4v) is 2.90. The molecule has 21 heavy (non-hydrogen) atoms. The first-order valence-electron chi connectivity index (χ1n) is 7.86. The fraction of sp³-hybridized carbons (Fsp3) is 0.733. The molecule has 0 amide bonds. The molecule has 0 spiro atoms. The SMILES string of the molecule is CCCCn1ncc(NC(C)CN2CCCC2)c(Cl)c1=O. The lowest BCUT2D eigenvalue weighted by Crippen LogP contribution is -2.34. The van der Waals surface area contributed by atoms with E-state index >= 15 is 0 Å². The monoisotopic (exact) mass is 312 g/mol. The summed E-state index contributed by atoms with van der Waals surface area (Å²) in [6.45, 7) is 8.11. The van der Waals surface area contributed by atoms with Crippen molar-refractivity contribution in [2.24, 2.45) is 0 Å².